The Morgan fingerprint density at radius 2 is 1.80 bits per heavy atom. The average Bonchev–Trinajstić information content (AvgIpc) is 1.99. The molecule has 1 N–H and O–H groups in total. The number of aliphatic hydroxyl groups is 1. The van der Waals surface area contributed by atoms with Gasteiger partial charge in [-0.05, 0) is 31.5 Å². The number of alkyl halides is 3. The van der Waals surface area contributed by atoms with Gasteiger partial charge in [0.1, 0.15) is 10.8 Å². The molecule has 0 fully saturated rings. The molecular weight excluding hydrogens is 231 g/mol. The van der Waals surface area contributed by atoms with Crippen molar-refractivity contribution >= 4 is 11.6 Å². The molecule has 0 saturated heterocycles. The van der Waals surface area contributed by atoms with Gasteiger partial charge in [-0.3, -0.25) is 0 Å². The maximum absolute atomic E-state index is 12.3. The number of hydrogen-bond acceptors (Lipinski definition) is 2. The normalized spacial score (nSPS) is 13.0. The molecule has 0 bridgehead atoms. The van der Waals surface area contributed by atoms with Gasteiger partial charge in [-0.15, -0.1) is 0 Å². The second-order valence-electron chi connectivity index (χ2n) is 3.62. The number of halogens is 4. The Kier molecular flexibility index (Phi) is 2.98. The molecule has 1 aromatic rings. The molecule has 15 heavy (non-hydrogen) atoms. The monoisotopic (exact) mass is 239 g/mol. The molecule has 1 aromatic heterocycles. The van der Waals surface area contributed by atoms with E-state index in [1.165, 1.54) is 19.9 Å². The van der Waals surface area contributed by atoms with Crippen LogP contribution in [-0.4, -0.2) is 10.1 Å². The fraction of sp³-hybridized carbons (Fsp3) is 0.444. The van der Waals surface area contributed by atoms with E-state index in [1.54, 1.807) is 0 Å². The minimum absolute atomic E-state index is 0.0785. The molecule has 6 heteroatoms. The summed E-state index contributed by atoms with van der Waals surface area (Å²) in [5.41, 5.74) is -2.41. The lowest BCUT2D eigenvalue weighted by atomic mass is 9.99. The molecule has 0 saturated carbocycles. The summed E-state index contributed by atoms with van der Waals surface area (Å²) in [4.78, 5) is 3.15. The summed E-state index contributed by atoms with van der Waals surface area (Å²) in [7, 11) is 0. The molecule has 0 unspecified atom stereocenters. The molecule has 0 amide bonds. The third-order valence-electron chi connectivity index (χ3n) is 1.79. The Balaban J connectivity index is 3.30. The Hall–Kier alpha value is -0.810. The molecule has 0 aliphatic rings. The third kappa shape index (κ3) is 3.07. The van der Waals surface area contributed by atoms with Crippen molar-refractivity contribution in [1.82, 2.24) is 4.98 Å². The molecule has 1 heterocycles. The highest BCUT2D eigenvalue weighted by molar-refractivity contribution is 6.29. The van der Waals surface area contributed by atoms with Crippen LogP contribution in [0.4, 0.5) is 13.2 Å². The van der Waals surface area contributed by atoms with Crippen molar-refractivity contribution in [2.45, 2.75) is 25.6 Å². The number of aromatic nitrogens is 1. The smallest absolute Gasteiger partial charge is 0.386 e. The summed E-state index contributed by atoms with van der Waals surface area (Å²) in [6, 6.07) is 1.99. The zero-order valence-electron chi connectivity index (χ0n) is 8.06. The van der Waals surface area contributed by atoms with Gasteiger partial charge in [-0.25, -0.2) is 4.98 Å². The summed E-state index contributed by atoms with van der Waals surface area (Å²) >= 11 is 5.44. The zero-order valence-corrected chi connectivity index (χ0v) is 8.82. The van der Waals surface area contributed by atoms with Gasteiger partial charge in [0.2, 0.25) is 0 Å². The van der Waals surface area contributed by atoms with Gasteiger partial charge in [0.25, 0.3) is 0 Å². The topological polar surface area (TPSA) is 33.1 Å². The van der Waals surface area contributed by atoms with E-state index in [0.29, 0.717) is 0 Å². The maximum Gasteiger partial charge on any atom is 0.433 e. The molecule has 0 aliphatic carbocycles. The molecule has 0 aromatic carbocycles. The SMILES string of the molecule is CC(C)(O)c1cc(Cl)nc(C(F)(F)F)c1. The fourth-order valence-corrected chi connectivity index (χ4v) is 1.20. The third-order valence-corrected chi connectivity index (χ3v) is 1.98. The Morgan fingerprint density at radius 1 is 1.27 bits per heavy atom. The summed E-state index contributed by atoms with van der Waals surface area (Å²) < 4.78 is 37.0. The minimum Gasteiger partial charge on any atom is -0.386 e. The van der Waals surface area contributed by atoms with Crippen molar-refractivity contribution in [3.63, 3.8) is 0 Å². The van der Waals surface area contributed by atoms with Crippen molar-refractivity contribution in [2.24, 2.45) is 0 Å². The van der Waals surface area contributed by atoms with Gasteiger partial charge in [-0.1, -0.05) is 11.6 Å². The quantitative estimate of drug-likeness (QED) is 0.765. The lowest BCUT2D eigenvalue weighted by Gasteiger charge is -2.19. The highest BCUT2D eigenvalue weighted by atomic mass is 35.5. The first-order valence-corrected chi connectivity index (χ1v) is 4.46. The van der Waals surface area contributed by atoms with E-state index in [4.69, 9.17) is 11.6 Å². The standard InChI is InChI=1S/C9H9ClF3NO/c1-8(2,15)5-3-6(9(11,12)13)14-7(10)4-5/h3-4,15H,1-2H3. The van der Waals surface area contributed by atoms with Crippen LogP contribution in [0.1, 0.15) is 25.1 Å². The van der Waals surface area contributed by atoms with Gasteiger partial charge in [0.15, 0.2) is 0 Å². The average molecular weight is 240 g/mol. The second-order valence-corrected chi connectivity index (χ2v) is 4.01. The first-order chi connectivity index (χ1) is 6.60. The Labute approximate surface area is 89.7 Å². The van der Waals surface area contributed by atoms with E-state index in [2.05, 4.69) is 4.98 Å². The van der Waals surface area contributed by atoms with Crippen molar-refractivity contribution in [3.05, 3.63) is 28.5 Å². The van der Waals surface area contributed by atoms with Crippen LogP contribution in [0.2, 0.25) is 5.15 Å². The summed E-state index contributed by atoms with van der Waals surface area (Å²) in [6.45, 7) is 2.75. The van der Waals surface area contributed by atoms with Crippen LogP contribution in [0.25, 0.3) is 0 Å². The predicted molar refractivity (Wildman–Crippen MR) is 49.5 cm³/mol. The van der Waals surface area contributed by atoms with Crippen LogP contribution in [0.5, 0.6) is 0 Å². The van der Waals surface area contributed by atoms with Crippen LogP contribution in [0, 0.1) is 0 Å². The van der Waals surface area contributed by atoms with Crippen molar-refractivity contribution in [2.75, 3.05) is 0 Å². The van der Waals surface area contributed by atoms with Gasteiger partial charge in [0, 0.05) is 0 Å². The number of pyridine rings is 1. The lowest BCUT2D eigenvalue weighted by Crippen LogP contribution is -2.18. The van der Waals surface area contributed by atoms with E-state index in [9.17, 15) is 18.3 Å². The van der Waals surface area contributed by atoms with Crippen LogP contribution in [-0.2, 0) is 11.8 Å². The van der Waals surface area contributed by atoms with Crippen LogP contribution >= 0.6 is 11.6 Å². The predicted octanol–water partition coefficient (Wildman–Crippen LogP) is 2.98. The number of hydrogen-bond donors (Lipinski definition) is 1. The molecular formula is C9H9ClF3NO. The van der Waals surface area contributed by atoms with E-state index in [-0.39, 0.29) is 10.7 Å². The van der Waals surface area contributed by atoms with Crippen molar-refractivity contribution < 1.29 is 18.3 Å². The van der Waals surface area contributed by atoms with Gasteiger partial charge in [-0.2, -0.15) is 13.2 Å². The molecule has 0 atom stereocenters. The Morgan fingerprint density at radius 3 is 2.20 bits per heavy atom. The van der Waals surface area contributed by atoms with Crippen LogP contribution < -0.4 is 0 Å². The molecule has 84 valence electrons. The summed E-state index contributed by atoms with van der Waals surface area (Å²) in [5, 5.41) is 9.26. The van der Waals surface area contributed by atoms with Gasteiger partial charge in [0.05, 0.1) is 5.60 Å². The van der Waals surface area contributed by atoms with Crippen LogP contribution in [0.15, 0.2) is 12.1 Å². The molecule has 1 rings (SSSR count). The first kappa shape index (κ1) is 12.3. The van der Waals surface area contributed by atoms with Gasteiger partial charge < -0.3 is 5.11 Å². The summed E-state index contributed by atoms with van der Waals surface area (Å²) in [5.74, 6) is 0. The van der Waals surface area contributed by atoms with E-state index in [1.807, 2.05) is 0 Å². The molecule has 0 radical (unpaired) electrons. The van der Waals surface area contributed by atoms with E-state index >= 15 is 0 Å². The largest absolute Gasteiger partial charge is 0.433 e. The van der Waals surface area contributed by atoms with Gasteiger partial charge >= 0.3 is 6.18 Å². The number of nitrogens with zero attached hydrogens (tertiary/aromatic N) is 1. The fourth-order valence-electron chi connectivity index (χ4n) is 0.995. The Bertz CT molecular complexity index is 338. The zero-order chi connectivity index (χ0) is 11.9. The van der Waals surface area contributed by atoms with Crippen molar-refractivity contribution in [1.29, 1.82) is 0 Å². The molecule has 0 spiro atoms. The minimum atomic E-state index is -4.56. The highest BCUT2D eigenvalue weighted by Gasteiger charge is 2.34. The molecule has 0 aliphatic heterocycles. The van der Waals surface area contributed by atoms with E-state index in [0.717, 1.165) is 6.07 Å². The summed E-state index contributed by atoms with van der Waals surface area (Å²) in [6.07, 6.45) is -4.56. The maximum atomic E-state index is 12.3. The highest BCUT2D eigenvalue weighted by Crippen LogP contribution is 2.32. The van der Waals surface area contributed by atoms with Crippen LogP contribution in [0.3, 0.4) is 0 Å². The lowest BCUT2D eigenvalue weighted by molar-refractivity contribution is -0.141. The molecule has 2 nitrogen and oxygen atoms in total. The number of rotatable bonds is 1. The first-order valence-electron chi connectivity index (χ1n) is 4.08. The van der Waals surface area contributed by atoms with E-state index < -0.39 is 17.5 Å². The second kappa shape index (κ2) is 3.64. The van der Waals surface area contributed by atoms with Crippen molar-refractivity contribution in [3.8, 4) is 0 Å².